The molecule has 21 heavy (non-hydrogen) atoms. The molecule has 4 heteroatoms. The van der Waals surface area contributed by atoms with E-state index in [-0.39, 0.29) is 0 Å². The molecule has 3 nitrogen and oxygen atoms in total. The lowest BCUT2D eigenvalue weighted by Gasteiger charge is -2.04. The predicted octanol–water partition coefficient (Wildman–Crippen LogP) is 4.24. The second kappa shape index (κ2) is 6.51. The van der Waals surface area contributed by atoms with Crippen LogP contribution in [0, 0.1) is 11.3 Å². The number of rotatable bonds is 7. The molecule has 1 aliphatic rings. The van der Waals surface area contributed by atoms with E-state index in [0.29, 0.717) is 12.5 Å². The van der Waals surface area contributed by atoms with Gasteiger partial charge in [-0.25, -0.2) is 0 Å². The Morgan fingerprint density at radius 1 is 1.33 bits per heavy atom. The zero-order chi connectivity index (χ0) is 14.7. The zero-order valence-corrected chi connectivity index (χ0v) is 12.9. The van der Waals surface area contributed by atoms with Crippen molar-refractivity contribution in [3.63, 3.8) is 0 Å². The molecule has 1 aliphatic carbocycles. The molecule has 0 saturated heterocycles. The van der Waals surface area contributed by atoms with Gasteiger partial charge in [0.05, 0.1) is 6.07 Å². The lowest BCUT2D eigenvalue weighted by Crippen LogP contribution is -2.14. The number of hydrogen-bond donors (Lipinski definition) is 1. The SMILES string of the molecule is N#CCCCCn1cc(CNC2CC2)c2ccc(Cl)cc21. The third-order valence-corrected chi connectivity index (χ3v) is 4.26. The van der Waals surface area contributed by atoms with Crippen molar-refractivity contribution in [2.45, 2.75) is 51.2 Å². The maximum absolute atomic E-state index is 8.62. The van der Waals surface area contributed by atoms with Crippen LogP contribution < -0.4 is 5.32 Å². The summed E-state index contributed by atoms with van der Waals surface area (Å²) in [7, 11) is 0. The van der Waals surface area contributed by atoms with Gasteiger partial charge in [-0.1, -0.05) is 17.7 Å². The Morgan fingerprint density at radius 3 is 2.95 bits per heavy atom. The Bertz CT molecular complexity index is 664. The van der Waals surface area contributed by atoms with E-state index in [1.54, 1.807) is 0 Å². The molecule has 0 aliphatic heterocycles. The summed E-state index contributed by atoms with van der Waals surface area (Å²) < 4.78 is 2.28. The fraction of sp³-hybridized carbons (Fsp3) is 0.471. The molecule has 2 aromatic rings. The summed E-state index contributed by atoms with van der Waals surface area (Å²) >= 11 is 6.15. The van der Waals surface area contributed by atoms with Crippen LogP contribution in [0.5, 0.6) is 0 Å². The number of nitriles is 1. The number of aromatic nitrogens is 1. The van der Waals surface area contributed by atoms with Crippen molar-refractivity contribution in [2.75, 3.05) is 0 Å². The van der Waals surface area contributed by atoms with Gasteiger partial charge in [0.2, 0.25) is 0 Å². The van der Waals surface area contributed by atoms with Gasteiger partial charge >= 0.3 is 0 Å². The summed E-state index contributed by atoms with van der Waals surface area (Å²) in [6, 6.07) is 9.04. The first-order valence-electron chi connectivity index (χ1n) is 7.65. The van der Waals surface area contributed by atoms with Crippen molar-refractivity contribution in [3.05, 3.63) is 35.0 Å². The second-order valence-electron chi connectivity index (χ2n) is 5.78. The molecule has 0 atom stereocenters. The molecule has 1 N–H and O–H groups in total. The van der Waals surface area contributed by atoms with Crippen LogP contribution in [0.1, 0.15) is 37.7 Å². The fourth-order valence-electron chi connectivity index (χ4n) is 2.69. The lowest BCUT2D eigenvalue weighted by atomic mass is 10.2. The van der Waals surface area contributed by atoms with Crippen molar-refractivity contribution >= 4 is 22.5 Å². The number of aryl methyl sites for hydroxylation is 1. The quantitative estimate of drug-likeness (QED) is 0.777. The standard InChI is InChI=1S/C17H20ClN3/c18-14-4-7-16-13(11-20-15-5-6-15)12-21(17(16)10-14)9-3-1-2-8-19/h4,7,10,12,15,20H,1-3,5-6,9,11H2. The molecule has 0 unspecified atom stereocenters. The first kappa shape index (κ1) is 14.4. The minimum Gasteiger partial charge on any atom is -0.347 e. The van der Waals surface area contributed by atoms with Gasteiger partial charge in [-0.15, -0.1) is 0 Å². The summed E-state index contributed by atoms with van der Waals surface area (Å²) in [5, 5.41) is 14.3. The number of hydrogen-bond acceptors (Lipinski definition) is 2. The van der Waals surface area contributed by atoms with E-state index >= 15 is 0 Å². The largest absolute Gasteiger partial charge is 0.347 e. The molecule has 1 saturated carbocycles. The van der Waals surface area contributed by atoms with E-state index in [2.05, 4.69) is 28.2 Å². The maximum Gasteiger partial charge on any atom is 0.0621 e. The van der Waals surface area contributed by atoms with Crippen LogP contribution in [0.25, 0.3) is 10.9 Å². The summed E-state index contributed by atoms with van der Waals surface area (Å²) in [6.45, 7) is 1.87. The number of unbranched alkanes of at least 4 members (excludes halogenated alkanes) is 2. The van der Waals surface area contributed by atoms with Gasteiger partial charge in [0, 0.05) is 47.7 Å². The average molecular weight is 302 g/mol. The minimum absolute atomic E-state index is 0.635. The topological polar surface area (TPSA) is 40.8 Å². The highest BCUT2D eigenvalue weighted by Crippen LogP contribution is 2.27. The highest BCUT2D eigenvalue weighted by atomic mass is 35.5. The summed E-state index contributed by atoms with van der Waals surface area (Å²) in [4.78, 5) is 0. The van der Waals surface area contributed by atoms with E-state index in [4.69, 9.17) is 16.9 Å². The average Bonchev–Trinajstić information content (AvgIpc) is 3.25. The second-order valence-corrected chi connectivity index (χ2v) is 6.22. The third-order valence-electron chi connectivity index (χ3n) is 4.02. The van der Waals surface area contributed by atoms with Crippen LogP contribution in [0.15, 0.2) is 24.4 Å². The van der Waals surface area contributed by atoms with Crippen LogP contribution in [0.3, 0.4) is 0 Å². The molecule has 1 aromatic carbocycles. The number of nitrogens with zero attached hydrogens (tertiary/aromatic N) is 2. The Morgan fingerprint density at radius 2 is 2.19 bits per heavy atom. The number of benzene rings is 1. The van der Waals surface area contributed by atoms with Gasteiger partial charge in [-0.2, -0.15) is 5.26 Å². The Hall–Kier alpha value is -1.50. The normalized spacial score (nSPS) is 14.5. The first-order chi connectivity index (χ1) is 10.3. The molecule has 0 radical (unpaired) electrons. The maximum atomic E-state index is 8.62. The van der Waals surface area contributed by atoms with E-state index in [1.165, 1.54) is 29.3 Å². The van der Waals surface area contributed by atoms with Crippen LogP contribution in [0.4, 0.5) is 0 Å². The number of fused-ring (bicyclic) bond motifs is 1. The van der Waals surface area contributed by atoms with Crippen molar-refractivity contribution in [3.8, 4) is 6.07 Å². The monoisotopic (exact) mass is 301 g/mol. The van der Waals surface area contributed by atoms with E-state index in [9.17, 15) is 0 Å². The van der Waals surface area contributed by atoms with Crippen molar-refractivity contribution in [1.82, 2.24) is 9.88 Å². The van der Waals surface area contributed by atoms with Gasteiger partial charge in [-0.05, 0) is 43.4 Å². The molecule has 1 fully saturated rings. The summed E-state index contributed by atoms with van der Waals surface area (Å²) in [5.41, 5.74) is 2.54. The Labute approximate surface area is 130 Å². The highest BCUT2D eigenvalue weighted by Gasteiger charge is 2.20. The van der Waals surface area contributed by atoms with Crippen LogP contribution in [-0.4, -0.2) is 10.6 Å². The first-order valence-corrected chi connectivity index (χ1v) is 8.03. The van der Waals surface area contributed by atoms with E-state index in [1.807, 2.05) is 12.1 Å². The Kier molecular flexibility index (Phi) is 4.48. The molecular weight excluding hydrogens is 282 g/mol. The zero-order valence-electron chi connectivity index (χ0n) is 12.1. The van der Waals surface area contributed by atoms with Crippen molar-refractivity contribution in [2.24, 2.45) is 0 Å². The van der Waals surface area contributed by atoms with E-state index in [0.717, 1.165) is 31.0 Å². The van der Waals surface area contributed by atoms with Gasteiger partial charge in [-0.3, -0.25) is 0 Å². The van der Waals surface area contributed by atoms with Crippen LogP contribution in [0.2, 0.25) is 5.02 Å². The summed E-state index contributed by atoms with van der Waals surface area (Å²) in [6.07, 6.45) is 7.46. The Balaban J connectivity index is 1.79. The van der Waals surface area contributed by atoms with Crippen molar-refractivity contribution in [1.29, 1.82) is 5.26 Å². The van der Waals surface area contributed by atoms with Crippen LogP contribution >= 0.6 is 11.6 Å². The molecule has 1 heterocycles. The van der Waals surface area contributed by atoms with E-state index < -0.39 is 0 Å². The number of nitrogens with one attached hydrogen (secondary N) is 1. The molecule has 0 amide bonds. The van der Waals surface area contributed by atoms with Crippen molar-refractivity contribution < 1.29 is 0 Å². The number of halogens is 1. The molecular formula is C17H20ClN3. The third kappa shape index (κ3) is 3.58. The molecule has 0 bridgehead atoms. The molecule has 1 aromatic heterocycles. The highest BCUT2D eigenvalue weighted by molar-refractivity contribution is 6.31. The smallest absolute Gasteiger partial charge is 0.0621 e. The van der Waals surface area contributed by atoms with Gasteiger partial charge in [0.1, 0.15) is 0 Å². The molecule has 3 rings (SSSR count). The lowest BCUT2D eigenvalue weighted by molar-refractivity contribution is 0.627. The van der Waals surface area contributed by atoms with Gasteiger partial charge < -0.3 is 9.88 Å². The molecule has 110 valence electrons. The predicted molar refractivity (Wildman–Crippen MR) is 86.3 cm³/mol. The van der Waals surface area contributed by atoms with Gasteiger partial charge in [0.25, 0.3) is 0 Å². The van der Waals surface area contributed by atoms with Gasteiger partial charge in [0.15, 0.2) is 0 Å². The van der Waals surface area contributed by atoms with Crippen LogP contribution in [-0.2, 0) is 13.1 Å². The molecule has 0 spiro atoms. The fourth-order valence-corrected chi connectivity index (χ4v) is 2.86. The minimum atomic E-state index is 0.635. The summed E-state index contributed by atoms with van der Waals surface area (Å²) in [5.74, 6) is 0.